The maximum Gasteiger partial charge on any atom is 0.315 e. The molecule has 7 heteroatoms. The van der Waals surface area contributed by atoms with E-state index in [4.69, 9.17) is 11.6 Å². The van der Waals surface area contributed by atoms with Crippen LogP contribution >= 0.6 is 11.6 Å². The standard InChI is InChI=1S/C20H19ClN4O2/c21-17-8-6-16(7-9-17)18-10-11-19(26)25(24-18)13-12-22-20(27)23-14-15-4-2-1-3-5-15/h1-11H,12-14H2,(H2,22,23,27). The van der Waals surface area contributed by atoms with E-state index in [1.165, 1.54) is 10.7 Å². The fraction of sp³-hybridized carbons (Fsp3) is 0.150. The first kappa shape index (κ1) is 18.7. The lowest BCUT2D eigenvalue weighted by molar-refractivity contribution is 0.240. The Balaban J connectivity index is 1.54. The molecule has 2 aromatic carbocycles. The van der Waals surface area contributed by atoms with Gasteiger partial charge in [-0.2, -0.15) is 5.10 Å². The molecule has 0 aliphatic rings. The van der Waals surface area contributed by atoms with E-state index in [1.54, 1.807) is 18.2 Å². The summed E-state index contributed by atoms with van der Waals surface area (Å²) in [5.74, 6) is 0. The molecule has 6 nitrogen and oxygen atoms in total. The molecule has 3 rings (SSSR count). The van der Waals surface area contributed by atoms with Crippen molar-refractivity contribution in [3.8, 4) is 11.3 Å². The zero-order chi connectivity index (χ0) is 19.1. The lowest BCUT2D eigenvalue weighted by Crippen LogP contribution is -2.38. The Morgan fingerprint density at radius 1 is 0.963 bits per heavy atom. The highest BCUT2D eigenvalue weighted by Crippen LogP contribution is 2.18. The highest BCUT2D eigenvalue weighted by atomic mass is 35.5. The van der Waals surface area contributed by atoms with Crippen LogP contribution in [0.5, 0.6) is 0 Å². The second kappa shape index (κ2) is 9.00. The first-order valence-electron chi connectivity index (χ1n) is 8.51. The van der Waals surface area contributed by atoms with Crippen molar-refractivity contribution < 1.29 is 4.79 Å². The lowest BCUT2D eigenvalue weighted by atomic mass is 10.1. The van der Waals surface area contributed by atoms with Crippen molar-refractivity contribution in [2.75, 3.05) is 6.54 Å². The number of nitrogens with one attached hydrogen (secondary N) is 2. The maximum atomic E-state index is 12.0. The van der Waals surface area contributed by atoms with Gasteiger partial charge < -0.3 is 10.6 Å². The molecule has 0 spiro atoms. The van der Waals surface area contributed by atoms with Crippen LogP contribution in [0.3, 0.4) is 0 Å². The van der Waals surface area contributed by atoms with E-state index in [1.807, 2.05) is 42.5 Å². The van der Waals surface area contributed by atoms with Crippen LogP contribution in [0.4, 0.5) is 4.79 Å². The molecule has 0 aliphatic carbocycles. The predicted molar refractivity (Wildman–Crippen MR) is 106 cm³/mol. The average Bonchev–Trinajstić information content (AvgIpc) is 2.69. The molecule has 2 N–H and O–H groups in total. The number of nitrogens with zero attached hydrogens (tertiary/aromatic N) is 2. The van der Waals surface area contributed by atoms with Gasteiger partial charge in [0.15, 0.2) is 0 Å². The first-order valence-corrected chi connectivity index (χ1v) is 8.89. The smallest absolute Gasteiger partial charge is 0.315 e. The minimum Gasteiger partial charge on any atom is -0.336 e. The summed E-state index contributed by atoms with van der Waals surface area (Å²) in [6.07, 6.45) is 0. The highest BCUT2D eigenvalue weighted by molar-refractivity contribution is 6.30. The molecule has 0 saturated heterocycles. The number of rotatable bonds is 6. The third kappa shape index (κ3) is 5.43. The van der Waals surface area contributed by atoms with Crippen LogP contribution in [0, 0.1) is 0 Å². The second-order valence-electron chi connectivity index (χ2n) is 5.88. The highest BCUT2D eigenvalue weighted by Gasteiger charge is 2.05. The Labute approximate surface area is 161 Å². The number of hydrogen-bond acceptors (Lipinski definition) is 3. The van der Waals surface area contributed by atoms with E-state index in [0.717, 1.165) is 11.1 Å². The van der Waals surface area contributed by atoms with Gasteiger partial charge in [0, 0.05) is 29.7 Å². The van der Waals surface area contributed by atoms with E-state index >= 15 is 0 Å². The topological polar surface area (TPSA) is 76.0 Å². The van der Waals surface area contributed by atoms with Crippen molar-refractivity contribution in [2.45, 2.75) is 13.1 Å². The van der Waals surface area contributed by atoms with Crippen LogP contribution in [0.1, 0.15) is 5.56 Å². The molecule has 0 fully saturated rings. The SMILES string of the molecule is O=C(NCCn1nc(-c2ccc(Cl)cc2)ccc1=O)NCc1ccccc1. The number of benzene rings is 2. The van der Waals surface area contributed by atoms with E-state index in [2.05, 4.69) is 15.7 Å². The number of carbonyl (C=O) groups excluding carboxylic acids is 1. The minimum absolute atomic E-state index is 0.223. The number of carbonyl (C=O) groups is 1. The fourth-order valence-corrected chi connectivity index (χ4v) is 2.63. The van der Waals surface area contributed by atoms with Gasteiger partial charge in [0.05, 0.1) is 12.2 Å². The summed E-state index contributed by atoms with van der Waals surface area (Å²) < 4.78 is 1.33. The fourth-order valence-electron chi connectivity index (χ4n) is 2.50. The van der Waals surface area contributed by atoms with E-state index in [9.17, 15) is 9.59 Å². The number of aromatic nitrogens is 2. The van der Waals surface area contributed by atoms with Crippen LogP contribution in [-0.4, -0.2) is 22.4 Å². The van der Waals surface area contributed by atoms with Crippen LogP contribution in [0.15, 0.2) is 71.5 Å². The maximum absolute atomic E-state index is 12.0. The number of halogens is 1. The van der Waals surface area contributed by atoms with Crippen molar-refractivity contribution >= 4 is 17.6 Å². The van der Waals surface area contributed by atoms with Gasteiger partial charge in [0.1, 0.15) is 0 Å². The molecule has 0 aliphatic heterocycles. The quantitative estimate of drug-likeness (QED) is 0.688. The third-order valence-electron chi connectivity index (χ3n) is 3.91. The molecule has 0 saturated carbocycles. The normalized spacial score (nSPS) is 10.4. The molecular formula is C20H19ClN4O2. The number of urea groups is 1. The van der Waals surface area contributed by atoms with Crippen LogP contribution in [-0.2, 0) is 13.1 Å². The zero-order valence-electron chi connectivity index (χ0n) is 14.6. The van der Waals surface area contributed by atoms with Gasteiger partial charge in [-0.15, -0.1) is 0 Å². The first-order chi connectivity index (χ1) is 13.1. The van der Waals surface area contributed by atoms with Crippen molar-refractivity contribution in [3.63, 3.8) is 0 Å². The monoisotopic (exact) mass is 382 g/mol. The summed E-state index contributed by atoms with van der Waals surface area (Å²) in [7, 11) is 0. The van der Waals surface area contributed by atoms with Gasteiger partial charge in [0.2, 0.25) is 0 Å². The molecule has 0 bridgehead atoms. The molecule has 27 heavy (non-hydrogen) atoms. The van der Waals surface area contributed by atoms with Gasteiger partial charge >= 0.3 is 6.03 Å². The zero-order valence-corrected chi connectivity index (χ0v) is 15.3. The van der Waals surface area contributed by atoms with Gasteiger partial charge in [0.25, 0.3) is 5.56 Å². The Morgan fingerprint density at radius 2 is 1.70 bits per heavy atom. The Hall–Kier alpha value is -3.12. The lowest BCUT2D eigenvalue weighted by Gasteiger charge is -2.10. The third-order valence-corrected chi connectivity index (χ3v) is 4.16. The van der Waals surface area contributed by atoms with Gasteiger partial charge in [-0.25, -0.2) is 9.48 Å². The molecule has 0 radical (unpaired) electrons. The van der Waals surface area contributed by atoms with Gasteiger partial charge in [-0.3, -0.25) is 4.79 Å². The van der Waals surface area contributed by atoms with Crippen molar-refractivity contribution in [2.24, 2.45) is 0 Å². The molecule has 2 amide bonds. The largest absolute Gasteiger partial charge is 0.336 e. The van der Waals surface area contributed by atoms with Crippen LogP contribution < -0.4 is 16.2 Å². The summed E-state index contributed by atoms with van der Waals surface area (Å²) in [6, 6.07) is 19.7. The summed E-state index contributed by atoms with van der Waals surface area (Å²) in [4.78, 5) is 23.9. The minimum atomic E-state index is -0.291. The van der Waals surface area contributed by atoms with Crippen LogP contribution in [0.25, 0.3) is 11.3 Å². The molecule has 0 atom stereocenters. The predicted octanol–water partition coefficient (Wildman–Crippen LogP) is 3.06. The molecule has 1 aromatic heterocycles. The van der Waals surface area contributed by atoms with Crippen LogP contribution in [0.2, 0.25) is 5.02 Å². The van der Waals surface area contributed by atoms with Crippen molar-refractivity contribution in [1.82, 2.24) is 20.4 Å². The van der Waals surface area contributed by atoms with E-state index in [0.29, 0.717) is 17.3 Å². The Morgan fingerprint density at radius 3 is 2.44 bits per heavy atom. The Bertz CT molecular complexity index is 956. The molecule has 1 heterocycles. The molecule has 138 valence electrons. The van der Waals surface area contributed by atoms with Crippen molar-refractivity contribution in [1.29, 1.82) is 0 Å². The van der Waals surface area contributed by atoms with E-state index < -0.39 is 0 Å². The summed E-state index contributed by atoms with van der Waals surface area (Å²) in [5, 5.41) is 10.5. The number of amides is 2. The Kier molecular flexibility index (Phi) is 6.22. The molecular weight excluding hydrogens is 364 g/mol. The van der Waals surface area contributed by atoms with E-state index in [-0.39, 0.29) is 24.7 Å². The van der Waals surface area contributed by atoms with Gasteiger partial charge in [-0.1, -0.05) is 54.1 Å². The summed E-state index contributed by atoms with van der Waals surface area (Å²) in [6.45, 7) is 1.01. The van der Waals surface area contributed by atoms with Crippen molar-refractivity contribution in [3.05, 3.63) is 87.7 Å². The number of hydrogen-bond donors (Lipinski definition) is 2. The van der Waals surface area contributed by atoms with Gasteiger partial charge in [-0.05, 0) is 23.8 Å². The average molecular weight is 383 g/mol. The summed E-state index contributed by atoms with van der Waals surface area (Å²) in [5.41, 5.74) is 2.32. The second-order valence-corrected chi connectivity index (χ2v) is 6.32. The summed E-state index contributed by atoms with van der Waals surface area (Å²) >= 11 is 5.90. The molecule has 3 aromatic rings. The molecule has 0 unspecified atom stereocenters.